The van der Waals surface area contributed by atoms with Crippen LogP contribution in [0.25, 0.3) is 0 Å². The van der Waals surface area contributed by atoms with E-state index in [-0.39, 0.29) is 16.7 Å². The van der Waals surface area contributed by atoms with E-state index in [9.17, 15) is 9.59 Å². The Morgan fingerprint density at radius 2 is 2.12 bits per heavy atom. The number of nitrogens with zero attached hydrogens (tertiary/aromatic N) is 2. The molecule has 0 saturated carbocycles. The number of fused-ring (bicyclic) bond motifs is 1. The summed E-state index contributed by atoms with van der Waals surface area (Å²) in [6.45, 7) is 4.44. The van der Waals surface area contributed by atoms with Crippen LogP contribution in [0.15, 0.2) is 47.1 Å². The van der Waals surface area contributed by atoms with Gasteiger partial charge in [-0.15, -0.1) is 11.8 Å². The van der Waals surface area contributed by atoms with Crippen molar-refractivity contribution in [2.24, 2.45) is 0 Å². The number of hydrogen-bond acceptors (Lipinski definition) is 4. The van der Waals surface area contributed by atoms with Gasteiger partial charge in [0.1, 0.15) is 11.8 Å². The second-order valence-electron chi connectivity index (χ2n) is 7.10. The molecule has 5 nitrogen and oxygen atoms in total. The fourth-order valence-corrected chi connectivity index (χ4v) is 5.19. The molecule has 4 rings (SSSR count). The molecule has 2 fully saturated rings. The van der Waals surface area contributed by atoms with Crippen molar-refractivity contribution in [1.82, 2.24) is 4.90 Å². The van der Waals surface area contributed by atoms with E-state index in [0.29, 0.717) is 18.7 Å². The largest absolute Gasteiger partial charge is 0.467 e. The lowest BCUT2D eigenvalue weighted by atomic mass is 10.1. The highest BCUT2D eigenvalue weighted by Crippen LogP contribution is 2.47. The molecule has 2 aliphatic rings. The normalized spacial score (nSPS) is 24.8. The lowest BCUT2D eigenvalue weighted by Gasteiger charge is -2.33. The van der Waals surface area contributed by atoms with E-state index in [1.165, 1.54) is 0 Å². The molecule has 2 saturated heterocycles. The van der Waals surface area contributed by atoms with E-state index in [1.807, 2.05) is 48.2 Å². The molecule has 26 heavy (non-hydrogen) atoms. The van der Waals surface area contributed by atoms with E-state index in [0.717, 1.165) is 23.4 Å². The lowest BCUT2D eigenvalue weighted by Crippen LogP contribution is -2.51. The Balaban J connectivity index is 1.66. The summed E-state index contributed by atoms with van der Waals surface area (Å²) in [5.74, 6) is 1.40. The van der Waals surface area contributed by atoms with Crippen LogP contribution in [-0.2, 0) is 16.1 Å². The number of aryl methyl sites for hydroxylation is 1. The summed E-state index contributed by atoms with van der Waals surface area (Å²) in [7, 11) is 0. The molecule has 3 heterocycles. The molecule has 0 radical (unpaired) electrons. The van der Waals surface area contributed by atoms with Crippen molar-refractivity contribution >= 4 is 29.3 Å². The van der Waals surface area contributed by atoms with Crippen molar-refractivity contribution in [2.75, 3.05) is 10.7 Å². The van der Waals surface area contributed by atoms with Gasteiger partial charge in [0.2, 0.25) is 5.91 Å². The van der Waals surface area contributed by atoms with Crippen LogP contribution in [0.5, 0.6) is 0 Å². The minimum Gasteiger partial charge on any atom is -0.467 e. The molecule has 6 heteroatoms. The van der Waals surface area contributed by atoms with Gasteiger partial charge in [0.15, 0.2) is 0 Å². The SMILES string of the molecule is Cc1ccc(N(Cc2ccco2)C(=O)C2CSC3(C)CCC(=O)N23)cc1. The number of hydrogen-bond donors (Lipinski definition) is 0. The number of rotatable bonds is 4. The standard InChI is InChI=1S/C20H22N2O3S/c1-14-5-7-15(8-6-14)21(12-16-4-3-11-25-16)19(24)17-13-26-20(2)10-9-18(23)22(17)20/h3-8,11,17H,9-10,12-13H2,1-2H3. The van der Waals surface area contributed by atoms with E-state index < -0.39 is 6.04 Å². The molecule has 2 amide bonds. The van der Waals surface area contributed by atoms with Gasteiger partial charge < -0.3 is 14.2 Å². The van der Waals surface area contributed by atoms with Gasteiger partial charge >= 0.3 is 0 Å². The zero-order valence-corrected chi connectivity index (χ0v) is 15.8. The molecular formula is C20H22N2O3S. The van der Waals surface area contributed by atoms with E-state index in [4.69, 9.17) is 4.42 Å². The molecule has 0 aliphatic carbocycles. The first-order valence-corrected chi connectivity index (χ1v) is 9.83. The topological polar surface area (TPSA) is 53.8 Å². The average molecular weight is 370 g/mol. The first-order chi connectivity index (χ1) is 12.5. The quantitative estimate of drug-likeness (QED) is 0.826. The Labute approximate surface area is 157 Å². The fourth-order valence-electron chi connectivity index (χ4n) is 3.76. The number of carbonyl (C=O) groups excluding carboxylic acids is 2. The molecule has 2 aromatic rings. The first-order valence-electron chi connectivity index (χ1n) is 8.84. The van der Waals surface area contributed by atoms with Crippen LogP contribution in [0.3, 0.4) is 0 Å². The maximum Gasteiger partial charge on any atom is 0.251 e. The first kappa shape index (κ1) is 17.2. The van der Waals surface area contributed by atoms with Crippen molar-refractivity contribution in [3.8, 4) is 0 Å². The summed E-state index contributed by atoms with van der Waals surface area (Å²) in [5, 5.41) is 0. The Morgan fingerprint density at radius 3 is 2.81 bits per heavy atom. The highest BCUT2D eigenvalue weighted by Gasteiger charge is 2.53. The van der Waals surface area contributed by atoms with Gasteiger partial charge in [0, 0.05) is 17.9 Å². The summed E-state index contributed by atoms with van der Waals surface area (Å²) in [6, 6.07) is 11.1. The number of furan rings is 1. The fraction of sp³-hybridized carbons (Fsp3) is 0.400. The molecular weight excluding hydrogens is 348 g/mol. The molecule has 2 unspecified atom stereocenters. The van der Waals surface area contributed by atoms with Gasteiger partial charge in [-0.25, -0.2) is 0 Å². The third-order valence-electron chi connectivity index (χ3n) is 5.24. The smallest absolute Gasteiger partial charge is 0.251 e. The van der Waals surface area contributed by atoms with Gasteiger partial charge in [-0.3, -0.25) is 9.59 Å². The predicted octanol–water partition coefficient (Wildman–Crippen LogP) is 3.58. The van der Waals surface area contributed by atoms with Crippen LogP contribution in [0.4, 0.5) is 5.69 Å². The number of amides is 2. The number of thioether (sulfide) groups is 1. The number of carbonyl (C=O) groups is 2. The Morgan fingerprint density at radius 1 is 1.35 bits per heavy atom. The third-order valence-corrected chi connectivity index (χ3v) is 6.74. The van der Waals surface area contributed by atoms with Gasteiger partial charge in [0.25, 0.3) is 5.91 Å². The zero-order chi connectivity index (χ0) is 18.3. The molecule has 0 spiro atoms. The molecule has 0 N–H and O–H groups in total. The minimum atomic E-state index is -0.420. The molecule has 1 aromatic heterocycles. The van der Waals surface area contributed by atoms with Gasteiger partial charge in [-0.05, 0) is 44.5 Å². The Bertz CT molecular complexity index is 818. The molecule has 2 aliphatic heterocycles. The van der Waals surface area contributed by atoms with Crippen LogP contribution < -0.4 is 4.90 Å². The maximum absolute atomic E-state index is 13.5. The van der Waals surface area contributed by atoms with Crippen LogP contribution in [0.1, 0.15) is 31.1 Å². The minimum absolute atomic E-state index is 0.0447. The van der Waals surface area contributed by atoms with Crippen molar-refractivity contribution in [1.29, 1.82) is 0 Å². The third kappa shape index (κ3) is 2.92. The van der Waals surface area contributed by atoms with Crippen LogP contribution in [0.2, 0.25) is 0 Å². The highest BCUT2D eigenvalue weighted by atomic mass is 32.2. The molecule has 1 aromatic carbocycles. The van der Waals surface area contributed by atoms with Crippen molar-refractivity contribution in [3.63, 3.8) is 0 Å². The maximum atomic E-state index is 13.5. The summed E-state index contributed by atoms with van der Waals surface area (Å²) in [6.07, 6.45) is 2.94. The van der Waals surface area contributed by atoms with Gasteiger partial charge in [-0.2, -0.15) is 0 Å². The number of benzene rings is 1. The van der Waals surface area contributed by atoms with E-state index in [2.05, 4.69) is 6.92 Å². The second kappa shape index (κ2) is 6.50. The van der Waals surface area contributed by atoms with Gasteiger partial charge in [0.05, 0.1) is 17.7 Å². The van der Waals surface area contributed by atoms with Gasteiger partial charge in [-0.1, -0.05) is 17.7 Å². The molecule has 0 bridgehead atoms. The van der Waals surface area contributed by atoms with Crippen LogP contribution >= 0.6 is 11.8 Å². The zero-order valence-electron chi connectivity index (χ0n) is 15.0. The highest BCUT2D eigenvalue weighted by molar-refractivity contribution is 8.01. The molecule has 136 valence electrons. The van der Waals surface area contributed by atoms with Crippen molar-refractivity contribution in [2.45, 2.75) is 44.1 Å². The summed E-state index contributed by atoms with van der Waals surface area (Å²) >= 11 is 1.71. The summed E-state index contributed by atoms with van der Waals surface area (Å²) in [5.41, 5.74) is 1.96. The second-order valence-corrected chi connectivity index (χ2v) is 8.61. The monoisotopic (exact) mass is 370 g/mol. The Kier molecular flexibility index (Phi) is 4.31. The summed E-state index contributed by atoms with van der Waals surface area (Å²) < 4.78 is 5.47. The number of anilines is 1. The molecule has 2 atom stereocenters. The van der Waals surface area contributed by atoms with E-state index >= 15 is 0 Å². The van der Waals surface area contributed by atoms with E-state index in [1.54, 1.807) is 22.9 Å². The summed E-state index contributed by atoms with van der Waals surface area (Å²) in [4.78, 5) is 29.2. The predicted molar refractivity (Wildman–Crippen MR) is 102 cm³/mol. The van der Waals surface area contributed by atoms with Crippen molar-refractivity contribution < 1.29 is 14.0 Å². The Hall–Kier alpha value is -2.21. The lowest BCUT2D eigenvalue weighted by molar-refractivity contribution is -0.136. The van der Waals surface area contributed by atoms with Crippen LogP contribution in [-0.4, -0.2) is 33.4 Å². The average Bonchev–Trinajstić information content (AvgIpc) is 3.32. The van der Waals surface area contributed by atoms with Crippen molar-refractivity contribution in [3.05, 3.63) is 54.0 Å². The van der Waals surface area contributed by atoms with Crippen LogP contribution in [0, 0.1) is 6.92 Å².